The number of sulfonamides is 1. The van der Waals surface area contributed by atoms with Gasteiger partial charge in [-0.25, -0.2) is 8.42 Å². The molecule has 0 aromatic heterocycles. The Morgan fingerprint density at radius 3 is 2.20 bits per heavy atom. The highest BCUT2D eigenvalue weighted by atomic mass is 35.5. The molecule has 2 aromatic carbocycles. The van der Waals surface area contributed by atoms with Gasteiger partial charge >= 0.3 is 0 Å². The Kier molecular flexibility index (Phi) is 9.83. The topological polar surface area (TPSA) is 96.0 Å². The molecule has 2 rings (SSSR count). The first kappa shape index (κ1) is 28.7. The van der Waals surface area contributed by atoms with E-state index < -0.39 is 34.4 Å². The van der Waals surface area contributed by atoms with Crippen molar-refractivity contribution in [1.29, 1.82) is 0 Å². The summed E-state index contributed by atoms with van der Waals surface area (Å²) in [6, 6.07) is 8.87. The molecular formula is C24H31Cl2N3O5S. The van der Waals surface area contributed by atoms with Crippen LogP contribution in [0, 0.1) is 6.92 Å². The molecule has 1 atom stereocenters. The highest BCUT2D eigenvalue weighted by Gasteiger charge is 2.32. The third-order valence-corrected chi connectivity index (χ3v) is 7.11. The summed E-state index contributed by atoms with van der Waals surface area (Å²) in [5.41, 5.74) is 1.46. The number of hydrogen-bond acceptors (Lipinski definition) is 5. The van der Waals surface area contributed by atoms with Crippen molar-refractivity contribution in [3.8, 4) is 5.75 Å². The van der Waals surface area contributed by atoms with Crippen LogP contribution in [0.5, 0.6) is 5.75 Å². The number of anilines is 1. The van der Waals surface area contributed by atoms with Crippen LogP contribution in [0.4, 0.5) is 5.69 Å². The molecular weight excluding hydrogens is 513 g/mol. The van der Waals surface area contributed by atoms with Crippen LogP contribution in [0.1, 0.15) is 31.9 Å². The Hall–Kier alpha value is -2.49. The van der Waals surface area contributed by atoms with Gasteiger partial charge in [-0.15, -0.1) is 0 Å². The summed E-state index contributed by atoms with van der Waals surface area (Å²) in [4.78, 5) is 27.7. The summed E-state index contributed by atoms with van der Waals surface area (Å²) in [6.07, 6.45) is 1.01. The average molecular weight is 545 g/mol. The van der Waals surface area contributed by atoms with Crippen molar-refractivity contribution >= 4 is 50.7 Å². The Bertz CT molecular complexity index is 1170. The highest BCUT2D eigenvalue weighted by molar-refractivity contribution is 7.92. The first-order chi connectivity index (χ1) is 16.3. The van der Waals surface area contributed by atoms with E-state index >= 15 is 0 Å². The second-order valence-electron chi connectivity index (χ2n) is 8.51. The predicted octanol–water partition coefficient (Wildman–Crippen LogP) is 4.02. The van der Waals surface area contributed by atoms with E-state index in [0.29, 0.717) is 21.4 Å². The zero-order valence-electron chi connectivity index (χ0n) is 20.6. The Morgan fingerprint density at radius 2 is 1.69 bits per heavy atom. The van der Waals surface area contributed by atoms with Gasteiger partial charge in [-0.1, -0.05) is 35.3 Å². The molecule has 0 saturated carbocycles. The zero-order chi connectivity index (χ0) is 26.5. The summed E-state index contributed by atoms with van der Waals surface area (Å²) >= 11 is 12.7. The lowest BCUT2D eigenvalue weighted by Crippen LogP contribution is -2.52. The maximum Gasteiger partial charge on any atom is 0.244 e. The number of nitrogens with one attached hydrogen (secondary N) is 1. The average Bonchev–Trinajstić information content (AvgIpc) is 2.75. The predicted molar refractivity (Wildman–Crippen MR) is 140 cm³/mol. The summed E-state index contributed by atoms with van der Waals surface area (Å²) in [6.45, 7) is 6.33. The Labute approximate surface area is 217 Å². The third-order valence-electron chi connectivity index (χ3n) is 5.27. The molecule has 0 radical (unpaired) electrons. The van der Waals surface area contributed by atoms with Gasteiger partial charge < -0.3 is 15.0 Å². The minimum absolute atomic E-state index is 0.0907. The number of halogens is 2. The third kappa shape index (κ3) is 7.49. The number of amides is 2. The number of carbonyl (C=O) groups is 2. The molecule has 0 aliphatic rings. The van der Waals surface area contributed by atoms with Gasteiger partial charge in [0.05, 0.1) is 19.1 Å². The zero-order valence-corrected chi connectivity index (χ0v) is 23.0. The van der Waals surface area contributed by atoms with E-state index in [4.69, 9.17) is 27.9 Å². The number of benzene rings is 2. The second kappa shape index (κ2) is 12.0. The van der Waals surface area contributed by atoms with Gasteiger partial charge in [0, 0.05) is 28.2 Å². The standard InChI is InChI=1S/C24H31Cl2N3O5S/c1-15(2)27-24(31)17(4)28(13-18-19(25)8-7-9-20(18)26)23(30)14-29(35(6,32)33)21-12-16(3)10-11-22(21)34-5/h7-12,15,17H,13-14H2,1-6H3,(H,27,31). The lowest BCUT2D eigenvalue weighted by molar-refractivity contribution is -0.139. The van der Waals surface area contributed by atoms with E-state index in [1.54, 1.807) is 64.1 Å². The maximum atomic E-state index is 13.6. The van der Waals surface area contributed by atoms with Crippen molar-refractivity contribution in [2.45, 2.75) is 46.3 Å². The summed E-state index contributed by atoms with van der Waals surface area (Å²) in [5, 5.41) is 3.44. The van der Waals surface area contributed by atoms with Crippen molar-refractivity contribution < 1.29 is 22.7 Å². The molecule has 1 N–H and O–H groups in total. The minimum Gasteiger partial charge on any atom is -0.495 e. The van der Waals surface area contributed by atoms with E-state index in [9.17, 15) is 18.0 Å². The molecule has 0 heterocycles. The minimum atomic E-state index is -3.90. The molecule has 2 aromatic rings. The molecule has 0 fully saturated rings. The number of methoxy groups -OCH3 is 1. The van der Waals surface area contributed by atoms with Crippen molar-refractivity contribution in [3.05, 3.63) is 57.6 Å². The Balaban J connectivity index is 2.52. The molecule has 11 heteroatoms. The van der Waals surface area contributed by atoms with Crippen LogP contribution in [0.15, 0.2) is 36.4 Å². The number of ether oxygens (including phenoxy) is 1. The molecule has 1 unspecified atom stereocenters. The first-order valence-corrected chi connectivity index (χ1v) is 13.5. The van der Waals surface area contributed by atoms with Crippen molar-refractivity contribution in [1.82, 2.24) is 10.2 Å². The van der Waals surface area contributed by atoms with Crippen LogP contribution in [0.2, 0.25) is 10.0 Å². The summed E-state index contributed by atoms with van der Waals surface area (Å²) in [5.74, 6) is -0.711. The quantitative estimate of drug-likeness (QED) is 0.488. The normalized spacial score (nSPS) is 12.3. The fourth-order valence-corrected chi connectivity index (χ4v) is 4.79. The second-order valence-corrected chi connectivity index (χ2v) is 11.2. The molecule has 0 spiro atoms. The van der Waals surface area contributed by atoms with Crippen LogP contribution in [-0.2, 0) is 26.2 Å². The maximum absolute atomic E-state index is 13.6. The molecule has 0 aliphatic carbocycles. The number of nitrogens with zero attached hydrogens (tertiary/aromatic N) is 2. The lowest BCUT2D eigenvalue weighted by atomic mass is 10.1. The molecule has 8 nitrogen and oxygen atoms in total. The molecule has 35 heavy (non-hydrogen) atoms. The van der Waals surface area contributed by atoms with Crippen molar-refractivity contribution in [2.24, 2.45) is 0 Å². The van der Waals surface area contributed by atoms with E-state index in [0.717, 1.165) is 16.1 Å². The number of aryl methyl sites for hydroxylation is 1. The summed E-state index contributed by atoms with van der Waals surface area (Å²) in [7, 11) is -2.48. The molecule has 192 valence electrons. The molecule has 2 amide bonds. The van der Waals surface area contributed by atoms with Gasteiger partial charge in [0.1, 0.15) is 18.3 Å². The monoisotopic (exact) mass is 543 g/mol. The highest BCUT2D eigenvalue weighted by Crippen LogP contribution is 2.32. The van der Waals surface area contributed by atoms with Gasteiger partial charge in [0.2, 0.25) is 21.8 Å². The van der Waals surface area contributed by atoms with Crippen molar-refractivity contribution in [2.75, 3.05) is 24.2 Å². The van der Waals surface area contributed by atoms with E-state index in [-0.39, 0.29) is 18.3 Å². The largest absolute Gasteiger partial charge is 0.495 e. The number of carbonyl (C=O) groups excluding carboxylic acids is 2. The fraction of sp³-hybridized carbons (Fsp3) is 0.417. The fourth-order valence-electron chi connectivity index (χ4n) is 3.43. The van der Waals surface area contributed by atoms with E-state index in [2.05, 4.69) is 5.32 Å². The number of hydrogen-bond donors (Lipinski definition) is 1. The first-order valence-electron chi connectivity index (χ1n) is 10.9. The van der Waals surface area contributed by atoms with E-state index in [1.807, 2.05) is 0 Å². The Morgan fingerprint density at radius 1 is 1.09 bits per heavy atom. The van der Waals surface area contributed by atoms with Gasteiger partial charge in [0.15, 0.2) is 0 Å². The van der Waals surface area contributed by atoms with Gasteiger partial charge in [0.25, 0.3) is 0 Å². The van der Waals surface area contributed by atoms with Gasteiger partial charge in [-0.2, -0.15) is 0 Å². The SMILES string of the molecule is COc1ccc(C)cc1N(CC(=O)N(Cc1c(Cl)cccc1Cl)C(C)C(=O)NC(C)C)S(C)(=O)=O. The van der Waals surface area contributed by atoms with Crippen LogP contribution in [-0.4, -0.2) is 57.1 Å². The summed E-state index contributed by atoms with van der Waals surface area (Å²) < 4.78 is 31.8. The lowest BCUT2D eigenvalue weighted by Gasteiger charge is -2.32. The van der Waals surface area contributed by atoms with E-state index in [1.165, 1.54) is 12.0 Å². The van der Waals surface area contributed by atoms with Crippen LogP contribution < -0.4 is 14.4 Å². The van der Waals surface area contributed by atoms with Gasteiger partial charge in [-0.3, -0.25) is 13.9 Å². The molecule has 0 bridgehead atoms. The van der Waals surface area contributed by atoms with Crippen LogP contribution in [0.3, 0.4) is 0 Å². The number of rotatable bonds is 10. The molecule has 0 saturated heterocycles. The molecule has 0 aliphatic heterocycles. The van der Waals surface area contributed by atoms with Crippen LogP contribution >= 0.6 is 23.2 Å². The van der Waals surface area contributed by atoms with Crippen molar-refractivity contribution in [3.63, 3.8) is 0 Å². The smallest absolute Gasteiger partial charge is 0.244 e. The van der Waals surface area contributed by atoms with Crippen LogP contribution in [0.25, 0.3) is 0 Å². The van der Waals surface area contributed by atoms with Gasteiger partial charge in [-0.05, 0) is 57.5 Å².